The molecule has 0 amide bonds. The number of hydrogen-bond acceptors (Lipinski definition) is 0. The van der Waals surface area contributed by atoms with Gasteiger partial charge in [-0.15, -0.1) is 0 Å². The monoisotopic (exact) mass is 309 g/mol. The molecule has 0 fully saturated rings. The third kappa shape index (κ3) is 14.9. The molecular formula is C22H45. The highest BCUT2D eigenvalue weighted by Gasteiger charge is 2.13. The molecule has 133 valence electrons. The zero-order chi connectivity index (χ0) is 16.5. The topological polar surface area (TPSA) is 0 Å². The van der Waals surface area contributed by atoms with Gasteiger partial charge in [-0.3, -0.25) is 0 Å². The molecule has 0 saturated carbocycles. The summed E-state index contributed by atoms with van der Waals surface area (Å²) in [6.45, 7) is 9.39. The third-order valence-electron chi connectivity index (χ3n) is 4.97. The normalized spacial score (nSPS) is 13.0. The van der Waals surface area contributed by atoms with Gasteiger partial charge in [-0.2, -0.15) is 0 Å². The van der Waals surface area contributed by atoms with Crippen molar-refractivity contribution >= 4 is 0 Å². The maximum atomic E-state index is 2.72. The van der Waals surface area contributed by atoms with Gasteiger partial charge in [0.05, 0.1) is 0 Å². The summed E-state index contributed by atoms with van der Waals surface area (Å²) in [5.74, 6) is 1.73. The summed E-state index contributed by atoms with van der Waals surface area (Å²) in [6.07, 6.45) is 24.0. The lowest BCUT2D eigenvalue weighted by atomic mass is 9.85. The van der Waals surface area contributed by atoms with Crippen molar-refractivity contribution in [1.29, 1.82) is 0 Å². The molecule has 0 heteroatoms. The molecule has 0 saturated heterocycles. The first-order valence-electron chi connectivity index (χ1n) is 10.6. The quantitative estimate of drug-likeness (QED) is 0.237. The highest BCUT2D eigenvalue weighted by Crippen LogP contribution is 2.26. The Morgan fingerprint density at radius 2 is 0.955 bits per heavy atom. The molecule has 0 aromatic heterocycles. The summed E-state index contributed by atoms with van der Waals surface area (Å²) < 4.78 is 0. The first kappa shape index (κ1) is 22.0. The second-order valence-electron chi connectivity index (χ2n) is 7.48. The van der Waals surface area contributed by atoms with Crippen LogP contribution in [0.4, 0.5) is 0 Å². The number of rotatable bonds is 17. The van der Waals surface area contributed by atoms with Crippen molar-refractivity contribution in [2.45, 2.75) is 124 Å². The van der Waals surface area contributed by atoms with Gasteiger partial charge in [-0.05, 0) is 18.3 Å². The van der Waals surface area contributed by atoms with Gasteiger partial charge in [-0.1, -0.05) is 124 Å². The van der Waals surface area contributed by atoms with E-state index in [0.29, 0.717) is 0 Å². The fourth-order valence-electron chi connectivity index (χ4n) is 3.46. The lowest BCUT2D eigenvalue weighted by Crippen LogP contribution is -2.08. The molecule has 0 aliphatic rings. The fraction of sp³-hybridized carbons (Fsp3) is 0.955. The molecular weight excluding hydrogens is 264 g/mol. The van der Waals surface area contributed by atoms with Crippen molar-refractivity contribution in [2.24, 2.45) is 11.8 Å². The molecule has 0 heterocycles. The first-order chi connectivity index (χ1) is 10.7. The van der Waals surface area contributed by atoms with Crippen LogP contribution >= 0.6 is 0 Å². The summed E-state index contributed by atoms with van der Waals surface area (Å²) in [7, 11) is 0. The van der Waals surface area contributed by atoms with Crippen molar-refractivity contribution in [3.05, 3.63) is 6.42 Å². The minimum absolute atomic E-state index is 0.833. The van der Waals surface area contributed by atoms with Crippen molar-refractivity contribution in [1.82, 2.24) is 0 Å². The molecule has 0 bridgehead atoms. The van der Waals surface area contributed by atoms with Gasteiger partial charge in [0.1, 0.15) is 0 Å². The Hall–Kier alpha value is 0. The van der Waals surface area contributed by atoms with Crippen LogP contribution in [0, 0.1) is 18.3 Å². The van der Waals surface area contributed by atoms with Gasteiger partial charge in [0.2, 0.25) is 0 Å². The largest absolute Gasteiger partial charge is 0.0654 e. The Balaban J connectivity index is 3.79. The molecule has 0 aliphatic carbocycles. The maximum absolute atomic E-state index is 2.72. The zero-order valence-corrected chi connectivity index (χ0v) is 16.3. The second kappa shape index (κ2) is 17.4. The van der Waals surface area contributed by atoms with E-state index < -0.39 is 0 Å². The first-order valence-corrected chi connectivity index (χ1v) is 10.6. The summed E-state index contributed by atoms with van der Waals surface area (Å²) in [6, 6.07) is 0. The lowest BCUT2D eigenvalue weighted by molar-refractivity contribution is 0.401. The second-order valence-corrected chi connectivity index (χ2v) is 7.48. The van der Waals surface area contributed by atoms with Crippen LogP contribution in [0.1, 0.15) is 124 Å². The van der Waals surface area contributed by atoms with E-state index in [0.717, 1.165) is 11.8 Å². The van der Waals surface area contributed by atoms with Crippen LogP contribution in [0.3, 0.4) is 0 Å². The molecule has 0 aromatic rings. The van der Waals surface area contributed by atoms with Crippen LogP contribution in [0.15, 0.2) is 0 Å². The smallest absolute Gasteiger partial charge is 0.0326 e. The van der Waals surface area contributed by atoms with E-state index in [-0.39, 0.29) is 0 Å². The lowest BCUT2D eigenvalue weighted by Gasteiger charge is -2.21. The van der Waals surface area contributed by atoms with Crippen LogP contribution in [-0.2, 0) is 0 Å². The van der Waals surface area contributed by atoms with E-state index in [4.69, 9.17) is 0 Å². The maximum Gasteiger partial charge on any atom is -0.0326 e. The van der Waals surface area contributed by atoms with E-state index in [1.807, 2.05) is 0 Å². The van der Waals surface area contributed by atoms with Crippen LogP contribution in [0.25, 0.3) is 0 Å². The minimum Gasteiger partial charge on any atom is -0.0654 e. The molecule has 0 rings (SSSR count). The zero-order valence-electron chi connectivity index (χ0n) is 16.3. The molecule has 0 aromatic carbocycles. The van der Waals surface area contributed by atoms with Crippen molar-refractivity contribution < 1.29 is 0 Å². The minimum atomic E-state index is 0.833. The van der Waals surface area contributed by atoms with Crippen LogP contribution in [-0.4, -0.2) is 0 Å². The molecule has 1 atom stereocenters. The van der Waals surface area contributed by atoms with E-state index >= 15 is 0 Å². The molecule has 0 spiro atoms. The average Bonchev–Trinajstić information content (AvgIpc) is 2.51. The Morgan fingerprint density at radius 1 is 0.545 bits per heavy atom. The van der Waals surface area contributed by atoms with Gasteiger partial charge >= 0.3 is 0 Å². The molecule has 22 heavy (non-hydrogen) atoms. The Labute approximate surface area is 142 Å². The van der Waals surface area contributed by atoms with E-state index in [1.165, 1.54) is 96.3 Å². The summed E-state index contributed by atoms with van der Waals surface area (Å²) >= 11 is 0. The summed E-state index contributed by atoms with van der Waals surface area (Å²) in [5, 5.41) is 0. The van der Waals surface area contributed by atoms with Gasteiger partial charge in [0.15, 0.2) is 0 Å². The predicted molar refractivity (Wildman–Crippen MR) is 103 cm³/mol. The Kier molecular flexibility index (Phi) is 17.4. The van der Waals surface area contributed by atoms with E-state index in [1.54, 1.807) is 0 Å². The SMILES string of the molecule is CCCCCCCCC(C)[CH]C(CCCCC)CCCCC. The summed E-state index contributed by atoms with van der Waals surface area (Å²) in [4.78, 5) is 0. The van der Waals surface area contributed by atoms with Crippen LogP contribution in [0.2, 0.25) is 0 Å². The van der Waals surface area contributed by atoms with Gasteiger partial charge in [-0.25, -0.2) is 0 Å². The Bertz CT molecular complexity index is 186. The van der Waals surface area contributed by atoms with Gasteiger partial charge < -0.3 is 0 Å². The van der Waals surface area contributed by atoms with Crippen molar-refractivity contribution in [2.75, 3.05) is 0 Å². The number of unbranched alkanes of at least 4 members (excludes halogenated alkanes) is 9. The van der Waals surface area contributed by atoms with Gasteiger partial charge in [0.25, 0.3) is 0 Å². The Morgan fingerprint density at radius 3 is 1.50 bits per heavy atom. The molecule has 1 unspecified atom stereocenters. The predicted octanol–water partition coefficient (Wildman–Crippen LogP) is 8.35. The fourth-order valence-corrected chi connectivity index (χ4v) is 3.46. The van der Waals surface area contributed by atoms with Crippen LogP contribution in [0.5, 0.6) is 0 Å². The van der Waals surface area contributed by atoms with Gasteiger partial charge in [0, 0.05) is 0 Å². The van der Waals surface area contributed by atoms with Crippen LogP contribution < -0.4 is 0 Å². The van der Waals surface area contributed by atoms with Crippen molar-refractivity contribution in [3.63, 3.8) is 0 Å². The molecule has 0 nitrogen and oxygen atoms in total. The highest BCUT2D eigenvalue weighted by molar-refractivity contribution is 4.81. The molecule has 1 radical (unpaired) electrons. The van der Waals surface area contributed by atoms with E-state index in [2.05, 4.69) is 34.1 Å². The van der Waals surface area contributed by atoms with Crippen molar-refractivity contribution in [3.8, 4) is 0 Å². The van der Waals surface area contributed by atoms with E-state index in [9.17, 15) is 0 Å². The molecule has 0 N–H and O–H groups in total. The molecule has 0 aliphatic heterocycles. The average molecular weight is 310 g/mol. The third-order valence-corrected chi connectivity index (χ3v) is 4.97. The standard InChI is InChI=1S/C22H45/c1-5-8-11-12-13-16-17-21(4)20-22(18-14-9-6-2)19-15-10-7-3/h20-22H,5-19H2,1-4H3. The summed E-state index contributed by atoms with van der Waals surface area (Å²) in [5.41, 5.74) is 0. The number of hydrogen-bond donors (Lipinski definition) is 0. The highest BCUT2D eigenvalue weighted by atomic mass is 14.2.